The van der Waals surface area contributed by atoms with Crippen molar-refractivity contribution < 1.29 is 52.5 Å². The molecule has 12 heteroatoms. The van der Waals surface area contributed by atoms with Gasteiger partial charge in [0.2, 0.25) is 0 Å². The van der Waals surface area contributed by atoms with Crippen LogP contribution in [-0.4, -0.2) is 61.7 Å². The first-order chi connectivity index (χ1) is 22.6. The largest absolute Gasteiger partial charge is 0.470 e. The molecule has 48 heavy (non-hydrogen) atoms. The Labute approximate surface area is 277 Å². The van der Waals surface area contributed by atoms with Crippen LogP contribution in [0.1, 0.15) is 68.1 Å². The van der Waals surface area contributed by atoms with E-state index >= 15 is 4.39 Å². The van der Waals surface area contributed by atoms with Gasteiger partial charge in [-0.3, -0.25) is 14.1 Å². The first kappa shape index (κ1) is 33.6. The van der Waals surface area contributed by atoms with Crippen molar-refractivity contribution in [2.75, 3.05) is 6.61 Å². The maximum Gasteiger partial charge on any atom is 0.470 e. The fourth-order valence-electron chi connectivity index (χ4n) is 9.78. The molecule has 5 aliphatic rings. The number of benzene rings is 2. The van der Waals surface area contributed by atoms with Crippen LogP contribution >= 0.6 is 7.82 Å². The number of halogens is 1. The lowest BCUT2D eigenvalue weighted by molar-refractivity contribution is -0.231. The van der Waals surface area contributed by atoms with Gasteiger partial charge in [-0.15, -0.1) is 0 Å². The lowest BCUT2D eigenvalue weighted by Crippen LogP contribution is -2.69. The number of phosphoric ester groups is 1. The van der Waals surface area contributed by atoms with Crippen LogP contribution < -0.4 is 0 Å². The molecule has 0 radical (unpaired) electrons. The standard InChI is InChI=1S/C36H40FO10P/c1-33-12-11-26(39)16-25(33)9-10-27-28-17-31-36(30(41)20-45-48(42,43)44,34(28,2)18-29(40)35(27,33)37)47-32(46-31)24-8-4-6-22(15-24)13-21-5-3-7-23(14-21)19-38/h3-8,11-12,14-16,27-29,31-32,38,40H,9-10,13,17-20H2,1-2H3,(H2,42,43,44)/t27-,28-,29-,31+,32+,33-,34-,35-,36+/m0/s1. The number of hydrogen-bond acceptors (Lipinski definition) is 8. The number of allylic oxidation sites excluding steroid dienone is 4. The lowest BCUT2D eigenvalue weighted by Gasteiger charge is -2.62. The zero-order valence-electron chi connectivity index (χ0n) is 26.8. The summed E-state index contributed by atoms with van der Waals surface area (Å²) >= 11 is 0. The summed E-state index contributed by atoms with van der Waals surface area (Å²) in [6.45, 7) is 2.45. The van der Waals surface area contributed by atoms with E-state index < -0.39 is 72.6 Å². The number of carbonyl (C=O) groups is 2. The van der Waals surface area contributed by atoms with Crippen molar-refractivity contribution in [3.63, 3.8) is 0 Å². The fraction of sp³-hybridized carbons (Fsp3) is 0.500. The van der Waals surface area contributed by atoms with Crippen LogP contribution in [0.2, 0.25) is 0 Å². The number of rotatable bonds is 8. The summed E-state index contributed by atoms with van der Waals surface area (Å²) in [6, 6.07) is 15.1. The van der Waals surface area contributed by atoms with E-state index in [1.807, 2.05) is 42.5 Å². The molecule has 9 atom stereocenters. The highest BCUT2D eigenvalue weighted by molar-refractivity contribution is 7.46. The third-order valence-electron chi connectivity index (χ3n) is 12.0. The van der Waals surface area contributed by atoms with Gasteiger partial charge in [0.15, 0.2) is 29.1 Å². The molecule has 0 bridgehead atoms. The van der Waals surface area contributed by atoms with Gasteiger partial charge in [-0.05, 0) is 73.8 Å². The molecular weight excluding hydrogens is 642 g/mol. The number of ketones is 2. The van der Waals surface area contributed by atoms with E-state index in [0.29, 0.717) is 30.4 Å². The maximum absolute atomic E-state index is 17.7. The number of carbonyl (C=O) groups excluding carboxylic acids is 2. The summed E-state index contributed by atoms with van der Waals surface area (Å²) in [5.74, 6) is -2.21. The predicted molar refractivity (Wildman–Crippen MR) is 170 cm³/mol. The molecule has 4 N–H and O–H groups in total. The number of aliphatic hydroxyl groups is 2. The highest BCUT2D eigenvalue weighted by atomic mass is 31.2. The second-order valence-corrected chi connectivity index (χ2v) is 15.6. The topological polar surface area (TPSA) is 160 Å². The lowest BCUT2D eigenvalue weighted by atomic mass is 9.44. The quantitative estimate of drug-likeness (QED) is 0.290. The molecule has 10 nitrogen and oxygen atoms in total. The summed E-state index contributed by atoms with van der Waals surface area (Å²) in [6.07, 6.45) is 2.20. The Morgan fingerprint density at radius 3 is 2.52 bits per heavy atom. The number of Topliss-reactive ketones (excluding diaryl/α,β-unsaturated/α-hetero) is 1. The Morgan fingerprint density at radius 1 is 1.08 bits per heavy atom. The van der Waals surface area contributed by atoms with Crippen LogP contribution in [0.5, 0.6) is 0 Å². The number of ether oxygens (including phenoxy) is 2. The Balaban J connectivity index is 1.24. The van der Waals surface area contributed by atoms with Gasteiger partial charge >= 0.3 is 7.82 Å². The van der Waals surface area contributed by atoms with Crippen LogP contribution in [0.4, 0.5) is 4.39 Å². The average molecular weight is 683 g/mol. The molecule has 4 fully saturated rings. The van der Waals surface area contributed by atoms with Gasteiger partial charge in [0.25, 0.3) is 0 Å². The van der Waals surface area contributed by atoms with Crippen molar-refractivity contribution in [2.45, 2.75) is 82.3 Å². The van der Waals surface area contributed by atoms with Crippen molar-refractivity contribution in [2.24, 2.45) is 22.7 Å². The Hall–Kier alpha value is -2.86. The van der Waals surface area contributed by atoms with Crippen LogP contribution in [0.15, 0.2) is 72.3 Å². The highest BCUT2D eigenvalue weighted by Crippen LogP contribution is 2.72. The van der Waals surface area contributed by atoms with Crippen LogP contribution in [-0.2, 0) is 41.2 Å². The molecule has 7 rings (SSSR count). The minimum absolute atomic E-state index is 0.0762. The Morgan fingerprint density at radius 2 is 1.79 bits per heavy atom. The number of phosphoric acid groups is 1. The number of aliphatic hydroxyl groups excluding tert-OH is 2. The van der Waals surface area contributed by atoms with Gasteiger partial charge in [0.05, 0.1) is 18.8 Å². The van der Waals surface area contributed by atoms with E-state index in [0.717, 1.165) is 16.7 Å². The minimum Gasteiger partial charge on any atom is -0.392 e. The molecule has 1 aliphatic heterocycles. The van der Waals surface area contributed by atoms with Gasteiger partial charge in [0, 0.05) is 22.3 Å². The minimum atomic E-state index is -5.04. The molecule has 0 unspecified atom stereocenters. The second kappa shape index (κ2) is 11.6. The molecule has 0 amide bonds. The van der Waals surface area contributed by atoms with E-state index in [1.165, 1.54) is 12.2 Å². The van der Waals surface area contributed by atoms with Crippen LogP contribution in [0.3, 0.4) is 0 Å². The van der Waals surface area contributed by atoms with Gasteiger partial charge in [-0.1, -0.05) is 67.1 Å². The molecule has 256 valence electrons. The van der Waals surface area contributed by atoms with Crippen molar-refractivity contribution in [3.05, 3.63) is 94.6 Å². The SMILES string of the molecule is C[C@]12C=CC(=O)C=C1CC[C@H]1[C@@H]3C[C@H]4O[C@@H](c5cccc(Cc6cccc(CO)c6)c5)O[C@@]4(C(=O)COP(=O)(O)O)[C@@]3(C)C[C@H](O)[C@@]12F. The second-order valence-electron chi connectivity index (χ2n) is 14.4. The van der Waals surface area contributed by atoms with Gasteiger partial charge in [-0.2, -0.15) is 0 Å². The van der Waals surface area contributed by atoms with E-state index in [1.54, 1.807) is 26.0 Å². The predicted octanol–water partition coefficient (Wildman–Crippen LogP) is 4.58. The van der Waals surface area contributed by atoms with E-state index in [-0.39, 0.29) is 25.2 Å². The molecule has 1 heterocycles. The summed E-state index contributed by atoms with van der Waals surface area (Å²) in [4.78, 5) is 45.4. The number of alkyl halides is 1. The van der Waals surface area contributed by atoms with Crippen molar-refractivity contribution in [1.82, 2.24) is 0 Å². The van der Waals surface area contributed by atoms with E-state index in [2.05, 4.69) is 0 Å². The zero-order valence-corrected chi connectivity index (χ0v) is 27.6. The molecule has 3 saturated carbocycles. The monoisotopic (exact) mass is 682 g/mol. The first-order valence-electron chi connectivity index (χ1n) is 16.3. The molecule has 0 aromatic heterocycles. The first-order valence-corrected chi connectivity index (χ1v) is 17.8. The van der Waals surface area contributed by atoms with Crippen molar-refractivity contribution in [1.29, 1.82) is 0 Å². The van der Waals surface area contributed by atoms with Gasteiger partial charge in [-0.25, -0.2) is 8.96 Å². The Kier molecular flexibility index (Phi) is 8.13. The number of hydrogen-bond donors (Lipinski definition) is 4. The molecule has 2 aromatic rings. The fourth-order valence-corrected chi connectivity index (χ4v) is 10.1. The number of fused-ring (bicyclic) bond motifs is 7. The van der Waals surface area contributed by atoms with Crippen LogP contribution in [0, 0.1) is 22.7 Å². The maximum atomic E-state index is 17.7. The summed E-state index contributed by atoms with van der Waals surface area (Å²) in [5, 5.41) is 21.4. The van der Waals surface area contributed by atoms with E-state index in [4.69, 9.17) is 14.0 Å². The summed E-state index contributed by atoms with van der Waals surface area (Å²) in [7, 11) is -5.04. The van der Waals surface area contributed by atoms with Crippen LogP contribution in [0.25, 0.3) is 0 Å². The van der Waals surface area contributed by atoms with Crippen molar-refractivity contribution in [3.8, 4) is 0 Å². The molecule has 4 aliphatic carbocycles. The Bertz CT molecular complexity index is 1770. The summed E-state index contributed by atoms with van der Waals surface area (Å²) < 4.78 is 47.3. The average Bonchev–Trinajstić information content (AvgIpc) is 3.54. The molecular formula is C36H40FO10P. The third-order valence-corrected chi connectivity index (χ3v) is 12.4. The molecule has 0 spiro atoms. The van der Waals surface area contributed by atoms with E-state index in [9.17, 15) is 34.2 Å². The van der Waals surface area contributed by atoms with Crippen molar-refractivity contribution >= 4 is 19.4 Å². The van der Waals surface area contributed by atoms with Gasteiger partial charge in [0.1, 0.15) is 6.61 Å². The normalized spacial score (nSPS) is 38.5. The molecule has 2 aromatic carbocycles. The molecule has 1 saturated heterocycles. The zero-order chi connectivity index (χ0) is 34.3. The smallest absolute Gasteiger partial charge is 0.392 e. The van der Waals surface area contributed by atoms with Gasteiger partial charge < -0.3 is 29.5 Å². The third kappa shape index (κ3) is 4.97. The summed E-state index contributed by atoms with van der Waals surface area (Å²) in [5.41, 5.74) is -2.43. The highest BCUT2D eigenvalue weighted by Gasteiger charge is 2.79.